The summed E-state index contributed by atoms with van der Waals surface area (Å²) in [6.07, 6.45) is 0.753. The van der Waals surface area contributed by atoms with Crippen LogP contribution in [-0.4, -0.2) is 18.4 Å². The van der Waals surface area contributed by atoms with Gasteiger partial charge in [0.05, 0.1) is 0 Å². The van der Waals surface area contributed by atoms with Gasteiger partial charge in [-0.3, -0.25) is 4.79 Å². The first-order chi connectivity index (χ1) is 7.13. The molecule has 2 nitrogen and oxygen atoms in total. The standard InChI is InChI=1S/C10H12FNO.C2H6/c1-8-5-10(11)4-3-9(8)6-12(2)7-13;1-2/h3-5,7H,6H2,1-2H3;1-2H3. The summed E-state index contributed by atoms with van der Waals surface area (Å²) in [4.78, 5) is 11.9. The lowest BCUT2D eigenvalue weighted by atomic mass is 10.1. The summed E-state index contributed by atoms with van der Waals surface area (Å²) in [7, 11) is 1.69. The Kier molecular flexibility index (Phi) is 6.34. The van der Waals surface area contributed by atoms with Gasteiger partial charge in [-0.1, -0.05) is 19.9 Å². The lowest BCUT2D eigenvalue weighted by Gasteiger charge is -2.12. The second-order valence-corrected chi connectivity index (χ2v) is 3.09. The Morgan fingerprint density at radius 2 is 2.00 bits per heavy atom. The number of amides is 1. The van der Waals surface area contributed by atoms with Crippen LogP contribution in [0.2, 0.25) is 0 Å². The summed E-state index contributed by atoms with van der Waals surface area (Å²) in [5.74, 6) is -0.241. The highest BCUT2D eigenvalue weighted by Gasteiger charge is 2.01. The molecule has 0 fully saturated rings. The van der Waals surface area contributed by atoms with E-state index in [0.29, 0.717) is 6.54 Å². The van der Waals surface area contributed by atoms with Crippen molar-refractivity contribution in [2.45, 2.75) is 27.3 Å². The van der Waals surface area contributed by atoms with Crippen LogP contribution in [0.5, 0.6) is 0 Å². The minimum Gasteiger partial charge on any atom is -0.344 e. The Morgan fingerprint density at radius 1 is 1.40 bits per heavy atom. The molecule has 0 bridgehead atoms. The number of carbonyl (C=O) groups is 1. The van der Waals surface area contributed by atoms with E-state index in [1.807, 2.05) is 20.8 Å². The monoisotopic (exact) mass is 211 g/mol. The van der Waals surface area contributed by atoms with E-state index >= 15 is 0 Å². The summed E-state index contributed by atoms with van der Waals surface area (Å²) in [6, 6.07) is 4.57. The maximum atomic E-state index is 12.7. The maximum absolute atomic E-state index is 12.7. The van der Waals surface area contributed by atoms with Gasteiger partial charge in [0.15, 0.2) is 0 Å². The largest absolute Gasteiger partial charge is 0.344 e. The van der Waals surface area contributed by atoms with E-state index in [9.17, 15) is 9.18 Å². The highest BCUT2D eigenvalue weighted by atomic mass is 19.1. The van der Waals surface area contributed by atoms with Crippen molar-refractivity contribution >= 4 is 6.41 Å². The first-order valence-electron chi connectivity index (χ1n) is 5.04. The van der Waals surface area contributed by atoms with Crippen molar-refractivity contribution in [3.05, 3.63) is 35.1 Å². The van der Waals surface area contributed by atoms with Crippen LogP contribution in [0.1, 0.15) is 25.0 Å². The van der Waals surface area contributed by atoms with Gasteiger partial charge >= 0.3 is 0 Å². The molecule has 0 aromatic heterocycles. The second kappa shape index (κ2) is 6.98. The fraction of sp³-hybridized carbons (Fsp3) is 0.417. The van der Waals surface area contributed by atoms with Crippen molar-refractivity contribution in [1.82, 2.24) is 4.90 Å². The smallest absolute Gasteiger partial charge is 0.209 e. The maximum Gasteiger partial charge on any atom is 0.209 e. The molecule has 1 aromatic carbocycles. The average Bonchev–Trinajstić information content (AvgIpc) is 2.25. The van der Waals surface area contributed by atoms with Gasteiger partial charge in [-0.25, -0.2) is 4.39 Å². The number of hydrogen-bond acceptors (Lipinski definition) is 1. The molecule has 15 heavy (non-hydrogen) atoms. The van der Waals surface area contributed by atoms with Crippen LogP contribution in [-0.2, 0) is 11.3 Å². The van der Waals surface area contributed by atoms with E-state index in [2.05, 4.69) is 0 Å². The average molecular weight is 211 g/mol. The number of rotatable bonds is 3. The van der Waals surface area contributed by atoms with Crippen molar-refractivity contribution < 1.29 is 9.18 Å². The van der Waals surface area contributed by atoms with E-state index in [0.717, 1.165) is 17.5 Å². The Balaban J connectivity index is 0.000000921. The van der Waals surface area contributed by atoms with Crippen LogP contribution >= 0.6 is 0 Å². The van der Waals surface area contributed by atoms with Gasteiger partial charge in [-0.15, -0.1) is 0 Å². The van der Waals surface area contributed by atoms with Gasteiger partial charge in [0.25, 0.3) is 0 Å². The summed E-state index contributed by atoms with van der Waals surface area (Å²) in [5.41, 5.74) is 1.84. The fourth-order valence-corrected chi connectivity index (χ4v) is 1.14. The molecule has 0 atom stereocenters. The number of nitrogens with zero attached hydrogens (tertiary/aromatic N) is 1. The van der Waals surface area contributed by atoms with E-state index in [1.54, 1.807) is 13.1 Å². The molecule has 1 aromatic rings. The number of benzene rings is 1. The molecule has 0 saturated heterocycles. The molecule has 0 aliphatic heterocycles. The van der Waals surface area contributed by atoms with E-state index in [1.165, 1.54) is 17.0 Å². The molecular formula is C12H18FNO. The topological polar surface area (TPSA) is 20.3 Å². The number of halogens is 1. The number of hydrogen-bond donors (Lipinski definition) is 0. The summed E-state index contributed by atoms with van der Waals surface area (Å²) >= 11 is 0. The van der Waals surface area contributed by atoms with Gasteiger partial charge in [-0.05, 0) is 30.2 Å². The Bertz CT molecular complexity index is 312. The quantitative estimate of drug-likeness (QED) is 0.704. The number of carbonyl (C=O) groups excluding carboxylic acids is 1. The minimum absolute atomic E-state index is 0.241. The summed E-state index contributed by atoms with van der Waals surface area (Å²) < 4.78 is 12.7. The minimum atomic E-state index is -0.241. The molecule has 3 heteroatoms. The van der Waals surface area contributed by atoms with E-state index in [4.69, 9.17) is 0 Å². The first-order valence-corrected chi connectivity index (χ1v) is 5.04. The molecule has 1 amide bonds. The summed E-state index contributed by atoms with van der Waals surface area (Å²) in [5, 5.41) is 0. The molecule has 0 saturated carbocycles. The van der Waals surface area contributed by atoms with Crippen LogP contribution in [0.4, 0.5) is 4.39 Å². The Morgan fingerprint density at radius 3 is 2.47 bits per heavy atom. The van der Waals surface area contributed by atoms with Crippen LogP contribution in [0, 0.1) is 12.7 Å². The van der Waals surface area contributed by atoms with Gasteiger partial charge in [0, 0.05) is 13.6 Å². The zero-order chi connectivity index (χ0) is 11.8. The van der Waals surface area contributed by atoms with E-state index < -0.39 is 0 Å². The molecule has 1 rings (SSSR count). The Labute approximate surface area is 90.7 Å². The molecule has 0 aliphatic rings. The van der Waals surface area contributed by atoms with Crippen molar-refractivity contribution in [1.29, 1.82) is 0 Å². The number of aryl methyl sites for hydroxylation is 1. The van der Waals surface area contributed by atoms with Gasteiger partial charge < -0.3 is 4.90 Å². The van der Waals surface area contributed by atoms with Crippen molar-refractivity contribution in [2.75, 3.05) is 7.05 Å². The SMILES string of the molecule is CC.Cc1cc(F)ccc1CN(C)C=O. The van der Waals surface area contributed by atoms with Gasteiger partial charge in [0.2, 0.25) is 6.41 Å². The molecule has 0 heterocycles. The van der Waals surface area contributed by atoms with Crippen LogP contribution in [0.15, 0.2) is 18.2 Å². The molecule has 0 unspecified atom stereocenters. The summed E-state index contributed by atoms with van der Waals surface area (Å²) in [6.45, 7) is 6.35. The second-order valence-electron chi connectivity index (χ2n) is 3.09. The zero-order valence-corrected chi connectivity index (χ0v) is 9.75. The normalized spacial score (nSPS) is 8.87. The molecule has 84 valence electrons. The molecular weight excluding hydrogens is 193 g/mol. The van der Waals surface area contributed by atoms with Crippen LogP contribution < -0.4 is 0 Å². The Hall–Kier alpha value is -1.38. The molecule has 0 spiro atoms. The van der Waals surface area contributed by atoms with Crippen LogP contribution in [0.25, 0.3) is 0 Å². The molecule has 0 N–H and O–H groups in total. The zero-order valence-electron chi connectivity index (χ0n) is 9.75. The van der Waals surface area contributed by atoms with Gasteiger partial charge in [-0.2, -0.15) is 0 Å². The van der Waals surface area contributed by atoms with E-state index in [-0.39, 0.29) is 5.82 Å². The predicted molar refractivity (Wildman–Crippen MR) is 60.0 cm³/mol. The third kappa shape index (κ3) is 4.58. The first kappa shape index (κ1) is 13.6. The highest BCUT2D eigenvalue weighted by molar-refractivity contribution is 5.47. The van der Waals surface area contributed by atoms with Gasteiger partial charge in [0.1, 0.15) is 5.82 Å². The van der Waals surface area contributed by atoms with Crippen molar-refractivity contribution in [3.8, 4) is 0 Å². The lowest BCUT2D eigenvalue weighted by molar-refractivity contribution is -0.117. The molecule has 0 aliphatic carbocycles. The fourth-order valence-electron chi connectivity index (χ4n) is 1.14. The van der Waals surface area contributed by atoms with Crippen molar-refractivity contribution in [2.24, 2.45) is 0 Å². The molecule has 0 radical (unpaired) electrons. The lowest BCUT2D eigenvalue weighted by Crippen LogP contribution is -2.15. The predicted octanol–water partition coefficient (Wildman–Crippen LogP) is 2.75. The third-order valence-corrected chi connectivity index (χ3v) is 1.90. The third-order valence-electron chi connectivity index (χ3n) is 1.90. The highest BCUT2D eigenvalue weighted by Crippen LogP contribution is 2.11. The van der Waals surface area contributed by atoms with Crippen molar-refractivity contribution in [3.63, 3.8) is 0 Å². The van der Waals surface area contributed by atoms with Crippen LogP contribution in [0.3, 0.4) is 0 Å².